The average molecular weight is 328 g/mol. The minimum Gasteiger partial charge on any atom is -0.489 e. The summed E-state index contributed by atoms with van der Waals surface area (Å²) in [7, 11) is 0. The van der Waals surface area contributed by atoms with E-state index in [-0.39, 0.29) is 5.91 Å². The summed E-state index contributed by atoms with van der Waals surface area (Å²) in [6, 6.07) is 25.7. The van der Waals surface area contributed by atoms with Gasteiger partial charge in [-0.05, 0) is 54.1 Å². The Morgan fingerprint density at radius 2 is 1.72 bits per heavy atom. The lowest BCUT2D eigenvalue weighted by Crippen LogP contribution is -2.11. The predicted octanol–water partition coefficient (Wildman–Crippen LogP) is 4.39. The fourth-order valence-electron chi connectivity index (χ4n) is 2.32. The number of amides is 1. The molecule has 0 radical (unpaired) electrons. The maximum atomic E-state index is 12.1. The lowest BCUT2D eigenvalue weighted by atomic mass is 10.1. The quantitative estimate of drug-likeness (QED) is 0.755. The maximum absolute atomic E-state index is 12.1. The molecule has 3 rings (SSSR count). The van der Waals surface area contributed by atoms with Gasteiger partial charge in [0, 0.05) is 11.3 Å². The van der Waals surface area contributed by atoms with E-state index >= 15 is 0 Å². The van der Waals surface area contributed by atoms with Gasteiger partial charge < -0.3 is 10.1 Å². The van der Waals surface area contributed by atoms with Crippen molar-refractivity contribution in [1.82, 2.24) is 0 Å². The first-order valence-electron chi connectivity index (χ1n) is 7.83. The number of nitrogens with one attached hydrogen (secondary N) is 1. The Morgan fingerprint density at radius 3 is 2.44 bits per heavy atom. The molecule has 0 aliphatic carbocycles. The van der Waals surface area contributed by atoms with Gasteiger partial charge >= 0.3 is 0 Å². The van der Waals surface area contributed by atoms with Gasteiger partial charge in [0.25, 0.3) is 5.91 Å². The number of nitrogens with zero attached hydrogens (tertiary/aromatic N) is 1. The largest absolute Gasteiger partial charge is 0.489 e. The van der Waals surface area contributed by atoms with Crippen LogP contribution >= 0.6 is 0 Å². The Morgan fingerprint density at radius 1 is 0.960 bits per heavy atom. The van der Waals surface area contributed by atoms with Gasteiger partial charge in [-0.25, -0.2) is 0 Å². The highest BCUT2D eigenvalue weighted by atomic mass is 16.5. The molecule has 0 saturated carbocycles. The van der Waals surface area contributed by atoms with Crippen molar-refractivity contribution in [1.29, 1.82) is 5.26 Å². The topological polar surface area (TPSA) is 62.1 Å². The van der Waals surface area contributed by atoms with E-state index in [1.165, 1.54) is 0 Å². The van der Waals surface area contributed by atoms with Crippen molar-refractivity contribution >= 4 is 11.6 Å². The zero-order chi connectivity index (χ0) is 17.5. The Hall–Kier alpha value is -3.58. The molecule has 0 spiro atoms. The molecule has 0 atom stereocenters. The van der Waals surface area contributed by atoms with Crippen molar-refractivity contribution in [2.24, 2.45) is 0 Å². The van der Waals surface area contributed by atoms with Crippen LogP contribution in [0.4, 0.5) is 5.69 Å². The highest BCUT2D eigenvalue weighted by molar-refractivity contribution is 6.04. The monoisotopic (exact) mass is 328 g/mol. The van der Waals surface area contributed by atoms with Crippen LogP contribution in [0, 0.1) is 11.3 Å². The molecule has 122 valence electrons. The number of hydrogen-bond acceptors (Lipinski definition) is 3. The van der Waals surface area contributed by atoms with E-state index in [4.69, 9.17) is 10.00 Å². The molecule has 3 aromatic carbocycles. The molecule has 3 aromatic rings. The molecule has 0 bridgehead atoms. The minimum absolute atomic E-state index is 0.150. The summed E-state index contributed by atoms with van der Waals surface area (Å²) >= 11 is 0. The first kappa shape index (κ1) is 16.3. The summed E-state index contributed by atoms with van der Waals surface area (Å²) in [5, 5.41) is 11.8. The molecule has 0 aliphatic rings. The van der Waals surface area contributed by atoms with Crippen LogP contribution < -0.4 is 10.1 Å². The summed E-state index contributed by atoms with van der Waals surface area (Å²) < 4.78 is 5.71. The summed E-state index contributed by atoms with van der Waals surface area (Å²) in [4.78, 5) is 12.1. The highest BCUT2D eigenvalue weighted by Gasteiger charge is 2.05. The molecule has 4 heteroatoms. The van der Waals surface area contributed by atoms with Gasteiger partial charge in [-0.3, -0.25) is 4.79 Å². The molecule has 1 amide bonds. The van der Waals surface area contributed by atoms with Gasteiger partial charge in [0.1, 0.15) is 12.4 Å². The number of rotatable bonds is 5. The first-order valence-corrected chi connectivity index (χ1v) is 7.83. The highest BCUT2D eigenvalue weighted by Crippen LogP contribution is 2.18. The number of benzene rings is 3. The van der Waals surface area contributed by atoms with Crippen LogP contribution in [0.15, 0.2) is 78.9 Å². The van der Waals surface area contributed by atoms with Crippen molar-refractivity contribution < 1.29 is 9.53 Å². The second-order valence-electron chi connectivity index (χ2n) is 5.45. The number of hydrogen-bond donors (Lipinski definition) is 1. The van der Waals surface area contributed by atoms with E-state index in [2.05, 4.69) is 11.4 Å². The number of carbonyl (C=O) groups excluding carboxylic acids is 1. The molecule has 0 heterocycles. The smallest absolute Gasteiger partial charge is 0.255 e. The SMILES string of the molecule is N#Cc1cccc(COc2ccc(NC(=O)c3ccccc3)cc2)c1. The summed E-state index contributed by atoms with van der Waals surface area (Å²) in [6.07, 6.45) is 0. The van der Waals surface area contributed by atoms with Crippen molar-refractivity contribution in [2.75, 3.05) is 5.32 Å². The maximum Gasteiger partial charge on any atom is 0.255 e. The van der Waals surface area contributed by atoms with E-state index in [0.29, 0.717) is 29.2 Å². The van der Waals surface area contributed by atoms with Gasteiger partial charge in [-0.15, -0.1) is 0 Å². The van der Waals surface area contributed by atoms with Gasteiger partial charge in [-0.2, -0.15) is 5.26 Å². The van der Waals surface area contributed by atoms with Crippen molar-refractivity contribution in [3.8, 4) is 11.8 Å². The van der Waals surface area contributed by atoms with E-state index in [1.807, 2.05) is 30.3 Å². The van der Waals surface area contributed by atoms with Crippen LogP contribution in [0.5, 0.6) is 5.75 Å². The second-order valence-corrected chi connectivity index (χ2v) is 5.45. The Bertz CT molecular complexity index is 897. The molecule has 1 N–H and O–H groups in total. The summed E-state index contributed by atoms with van der Waals surface area (Å²) in [5.41, 5.74) is 2.86. The normalized spacial score (nSPS) is 9.88. The van der Waals surface area contributed by atoms with E-state index < -0.39 is 0 Å². The Kier molecular flexibility index (Phi) is 5.08. The van der Waals surface area contributed by atoms with Crippen molar-refractivity contribution in [2.45, 2.75) is 6.61 Å². The number of ether oxygens (including phenoxy) is 1. The van der Waals surface area contributed by atoms with Crippen LogP contribution in [0.2, 0.25) is 0 Å². The number of carbonyl (C=O) groups is 1. The average Bonchev–Trinajstić information content (AvgIpc) is 2.68. The lowest BCUT2D eigenvalue weighted by Gasteiger charge is -2.09. The third-order valence-electron chi connectivity index (χ3n) is 3.61. The Labute approximate surface area is 146 Å². The predicted molar refractivity (Wildman–Crippen MR) is 96.3 cm³/mol. The molecule has 0 saturated heterocycles. The van der Waals surface area contributed by atoms with Gasteiger partial charge in [0.2, 0.25) is 0 Å². The van der Waals surface area contributed by atoms with E-state index in [9.17, 15) is 4.79 Å². The van der Waals surface area contributed by atoms with Crippen LogP contribution in [0.1, 0.15) is 21.5 Å². The van der Waals surface area contributed by atoms with Crippen molar-refractivity contribution in [3.05, 3.63) is 95.6 Å². The Balaban J connectivity index is 1.59. The number of anilines is 1. The number of nitriles is 1. The fourth-order valence-corrected chi connectivity index (χ4v) is 2.32. The molecule has 4 nitrogen and oxygen atoms in total. The van der Waals surface area contributed by atoms with Crippen LogP contribution in [-0.4, -0.2) is 5.91 Å². The molecular weight excluding hydrogens is 312 g/mol. The third-order valence-corrected chi connectivity index (χ3v) is 3.61. The van der Waals surface area contributed by atoms with E-state index in [1.54, 1.807) is 48.5 Å². The zero-order valence-corrected chi connectivity index (χ0v) is 13.5. The van der Waals surface area contributed by atoms with Gasteiger partial charge in [0.15, 0.2) is 0 Å². The summed E-state index contributed by atoms with van der Waals surface area (Å²) in [5.74, 6) is 0.544. The minimum atomic E-state index is -0.150. The van der Waals surface area contributed by atoms with Crippen LogP contribution in [-0.2, 0) is 6.61 Å². The van der Waals surface area contributed by atoms with Gasteiger partial charge in [0.05, 0.1) is 11.6 Å². The van der Waals surface area contributed by atoms with Crippen LogP contribution in [0.25, 0.3) is 0 Å². The van der Waals surface area contributed by atoms with Crippen LogP contribution in [0.3, 0.4) is 0 Å². The lowest BCUT2D eigenvalue weighted by molar-refractivity contribution is 0.102. The van der Waals surface area contributed by atoms with Gasteiger partial charge in [-0.1, -0.05) is 30.3 Å². The zero-order valence-electron chi connectivity index (χ0n) is 13.5. The third kappa shape index (κ3) is 4.46. The molecule has 0 fully saturated rings. The summed E-state index contributed by atoms with van der Waals surface area (Å²) in [6.45, 7) is 0.380. The molecule has 25 heavy (non-hydrogen) atoms. The first-order chi connectivity index (χ1) is 12.2. The molecular formula is C21H16N2O2. The second kappa shape index (κ2) is 7.80. The van der Waals surface area contributed by atoms with Crippen molar-refractivity contribution in [3.63, 3.8) is 0 Å². The van der Waals surface area contributed by atoms with E-state index in [0.717, 1.165) is 5.56 Å². The molecule has 0 unspecified atom stereocenters. The molecule has 0 aliphatic heterocycles. The molecule has 0 aromatic heterocycles. The fraction of sp³-hybridized carbons (Fsp3) is 0.0476. The standard InChI is InChI=1S/C21H16N2O2/c22-14-16-5-4-6-17(13-16)15-25-20-11-9-19(10-12-20)23-21(24)18-7-2-1-3-8-18/h1-13H,15H2,(H,23,24).